The van der Waals surface area contributed by atoms with Gasteiger partial charge in [0.2, 0.25) is 4.77 Å². The van der Waals surface area contributed by atoms with E-state index in [1.807, 2.05) is 0 Å². The molecule has 0 amide bonds. The second-order valence-electron chi connectivity index (χ2n) is 4.55. The second kappa shape index (κ2) is 6.62. The van der Waals surface area contributed by atoms with Crippen LogP contribution in [0, 0.1) is 10.6 Å². The molecule has 0 radical (unpaired) electrons. The lowest BCUT2D eigenvalue weighted by atomic mass is 10.2. The van der Waals surface area contributed by atoms with Crippen LogP contribution in [0.2, 0.25) is 10.0 Å². The van der Waals surface area contributed by atoms with Crippen molar-refractivity contribution < 1.29 is 4.39 Å². The number of hydrogen-bond donors (Lipinski definition) is 1. The number of aromatic nitrogens is 3. The molecule has 1 aromatic heterocycles. The molecule has 1 heterocycles. The molecule has 0 unspecified atom stereocenters. The lowest BCUT2D eigenvalue weighted by Gasteiger charge is -2.03. The molecular formula is C15H9Cl2FN4S. The maximum absolute atomic E-state index is 13.9. The Hall–Kier alpha value is -2.02. The zero-order chi connectivity index (χ0) is 16.4. The number of aromatic amines is 1. The van der Waals surface area contributed by atoms with E-state index in [0.29, 0.717) is 21.2 Å². The number of H-pyrrole nitrogens is 1. The molecule has 8 heteroatoms. The van der Waals surface area contributed by atoms with Crippen LogP contribution in [0.5, 0.6) is 0 Å². The summed E-state index contributed by atoms with van der Waals surface area (Å²) in [6.07, 6.45) is 1.51. The molecule has 2 aromatic carbocycles. The molecule has 1 N–H and O–H groups in total. The van der Waals surface area contributed by atoms with Crippen molar-refractivity contribution in [2.45, 2.75) is 0 Å². The Morgan fingerprint density at radius 2 is 2.00 bits per heavy atom. The molecule has 116 valence electrons. The molecular weight excluding hydrogens is 358 g/mol. The van der Waals surface area contributed by atoms with E-state index < -0.39 is 5.82 Å². The summed E-state index contributed by atoms with van der Waals surface area (Å²) in [7, 11) is 0. The predicted molar refractivity (Wildman–Crippen MR) is 92.3 cm³/mol. The van der Waals surface area contributed by atoms with Gasteiger partial charge in [-0.05, 0) is 36.5 Å². The molecule has 0 fully saturated rings. The summed E-state index contributed by atoms with van der Waals surface area (Å²) >= 11 is 17.1. The van der Waals surface area contributed by atoms with Crippen LogP contribution in [-0.2, 0) is 0 Å². The zero-order valence-corrected chi connectivity index (χ0v) is 13.8. The maximum atomic E-state index is 13.9. The smallest absolute Gasteiger partial charge is 0.216 e. The third-order valence-electron chi connectivity index (χ3n) is 3.04. The molecule has 4 nitrogen and oxygen atoms in total. The number of nitrogens with zero attached hydrogens (tertiary/aromatic N) is 3. The summed E-state index contributed by atoms with van der Waals surface area (Å²) in [5, 5.41) is 11.9. The Morgan fingerprint density at radius 1 is 1.22 bits per heavy atom. The van der Waals surface area contributed by atoms with Gasteiger partial charge in [0, 0.05) is 10.6 Å². The van der Waals surface area contributed by atoms with Crippen LogP contribution < -0.4 is 0 Å². The third kappa shape index (κ3) is 3.34. The molecule has 0 saturated carbocycles. The van der Waals surface area contributed by atoms with E-state index in [1.54, 1.807) is 36.4 Å². The highest BCUT2D eigenvalue weighted by atomic mass is 35.5. The topological polar surface area (TPSA) is 46.0 Å². The highest BCUT2D eigenvalue weighted by Crippen LogP contribution is 2.22. The Morgan fingerprint density at radius 3 is 2.74 bits per heavy atom. The largest absolute Gasteiger partial charge is 0.250 e. The van der Waals surface area contributed by atoms with Crippen molar-refractivity contribution in [3.63, 3.8) is 0 Å². The first kappa shape index (κ1) is 15.9. The summed E-state index contributed by atoms with van der Waals surface area (Å²) in [5.41, 5.74) is 0.942. The van der Waals surface area contributed by atoms with Crippen molar-refractivity contribution in [3.05, 3.63) is 68.7 Å². The summed E-state index contributed by atoms with van der Waals surface area (Å²) < 4.78 is 15.5. The molecule has 0 atom stereocenters. The quantitative estimate of drug-likeness (QED) is 0.527. The van der Waals surface area contributed by atoms with Gasteiger partial charge in [-0.3, -0.25) is 0 Å². The summed E-state index contributed by atoms with van der Waals surface area (Å²) in [6.45, 7) is 0. The van der Waals surface area contributed by atoms with Gasteiger partial charge in [-0.15, -0.1) is 0 Å². The van der Waals surface area contributed by atoms with Crippen LogP contribution in [0.15, 0.2) is 47.6 Å². The van der Waals surface area contributed by atoms with E-state index in [0.717, 1.165) is 0 Å². The van der Waals surface area contributed by atoms with Gasteiger partial charge < -0.3 is 0 Å². The van der Waals surface area contributed by atoms with E-state index in [-0.39, 0.29) is 10.6 Å². The number of halogens is 3. The molecule has 0 aliphatic rings. The fourth-order valence-electron chi connectivity index (χ4n) is 1.94. The first-order chi connectivity index (χ1) is 11.1. The highest BCUT2D eigenvalue weighted by Gasteiger charge is 2.12. The van der Waals surface area contributed by atoms with Crippen LogP contribution >= 0.6 is 35.4 Å². The Labute approximate surface area is 146 Å². The van der Waals surface area contributed by atoms with Crippen molar-refractivity contribution in [2.75, 3.05) is 0 Å². The third-order valence-corrected chi connectivity index (χ3v) is 3.87. The van der Waals surface area contributed by atoms with Crippen molar-refractivity contribution >= 4 is 41.6 Å². The summed E-state index contributed by atoms with van der Waals surface area (Å²) in [4.78, 5) is 0. The molecule has 3 aromatic rings. The van der Waals surface area contributed by atoms with Gasteiger partial charge in [0.25, 0.3) is 0 Å². The van der Waals surface area contributed by atoms with Crippen molar-refractivity contribution in [1.82, 2.24) is 14.9 Å². The SMILES string of the molecule is Fc1ccccc1-c1n[nH]c(=S)n1/N=C\c1ccc(Cl)cc1Cl. The summed E-state index contributed by atoms with van der Waals surface area (Å²) in [6, 6.07) is 11.3. The van der Waals surface area contributed by atoms with Crippen LogP contribution in [0.4, 0.5) is 4.39 Å². The second-order valence-corrected chi connectivity index (χ2v) is 5.78. The lowest BCUT2D eigenvalue weighted by Crippen LogP contribution is -1.97. The zero-order valence-electron chi connectivity index (χ0n) is 11.5. The molecule has 0 spiro atoms. The van der Waals surface area contributed by atoms with Crippen LogP contribution in [-0.4, -0.2) is 21.1 Å². The number of hydrogen-bond acceptors (Lipinski definition) is 3. The van der Waals surface area contributed by atoms with E-state index in [4.69, 9.17) is 35.4 Å². The number of benzene rings is 2. The predicted octanol–water partition coefficient (Wildman–Crippen LogP) is 4.94. The van der Waals surface area contributed by atoms with E-state index in [2.05, 4.69) is 15.3 Å². The van der Waals surface area contributed by atoms with Gasteiger partial charge >= 0.3 is 0 Å². The first-order valence-electron chi connectivity index (χ1n) is 6.48. The molecule has 0 aliphatic carbocycles. The molecule has 3 rings (SSSR count). The van der Waals surface area contributed by atoms with E-state index >= 15 is 0 Å². The van der Waals surface area contributed by atoms with Crippen LogP contribution in [0.3, 0.4) is 0 Å². The van der Waals surface area contributed by atoms with Crippen molar-refractivity contribution in [2.24, 2.45) is 5.10 Å². The molecule has 0 bridgehead atoms. The average molecular weight is 367 g/mol. The Balaban J connectivity index is 2.04. The lowest BCUT2D eigenvalue weighted by molar-refractivity contribution is 0.628. The van der Waals surface area contributed by atoms with Crippen molar-refractivity contribution in [1.29, 1.82) is 0 Å². The normalized spacial score (nSPS) is 11.3. The Bertz CT molecular complexity index is 949. The number of rotatable bonds is 3. The van der Waals surface area contributed by atoms with Crippen LogP contribution in [0.25, 0.3) is 11.4 Å². The maximum Gasteiger partial charge on any atom is 0.216 e. The molecule has 23 heavy (non-hydrogen) atoms. The minimum Gasteiger partial charge on any atom is -0.250 e. The minimum atomic E-state index is -0.414. The molecule has 0 saturated heterocycles. The first-order valence-corrected chi connectivity index (χ1v) is 7.64. The number of nitrogens with one attached hydrogen (secondary N) is 1. The minimum absolute atomic E-state index is 0.240. The molecule has 0 aliphatic heterocycles. The Kier molecular flexibility index (Phi) is 4.56. The van der Waals surface area contributed by atoms with Crippen molar-refractivity contribution in [3.8, 4) is 11.4 Å². The summed E-state index contributed by atoms with van der Waals surface area (Å²) in [5.74, 6) is -0.142. The van der Waals surface area contributed by atoms with Gasteiger partial charge in [-0.1, -0.05) is 41.4 Å². The fraction of sp³-hybridized carbons (Fsp3) is 0. The van der Waals surface area contributed by atoms with E-state index in [9.17, 15) is 4.39 Å². The van der Waals surface area contributed by atoms with E-state index in [1.165, 1.54) is 17.0 Å². The van der Waals surface area contributed by atoms with Gasteiger partial charge in [0.15, 0.2) is 5.82 Å². The van der Waals surface area contributed by atoms with Gasteiger partial charge in [0.05, 0.1) is 16.8 Å². The monoisotopic (exact) mass is 366 g/mol. The van der Waals surface area contributed by atoms with Gasteiger partial charge in [-0.2, -0.15) is 14.9 Å². The fourth-order valence-corrected chi connectivity index (χ4v) is 2.58. The standard InChI is InChI=1S/C15H9Cl2FN4S/c16-10-6-5-9(12(17)7-10)8-19-22-14(20-21-15(22)23)11-3-1-2-4-13(11)18/h1-8H,(H,21,23)/b19-8-. The highest BCUT2D eigenvalue weighted by molar-refractivity contribution is 7.71. The van der Waals surface area contributed by atoms with Gasteiger partial charge in [-0.25, -0.2) is 9.49 Å². The average Bonchev–Trinajstić information content (AvgIpc) is 2.88. The van der Waals surface area contributed by atoms with Crippen LogP contribution in [0.1, 0.15) is 5.56 Å². The van der Waals surface area contributed by atoms with Gasteiger partial charge in [0.1, 0.15) is 5.82 Å².